The third kappa shape index (κ3) is 26.8. The molecule has 35 nitrogen and oxygen atoms in total. The maximum Gasteiger partial charge on any atom is 0.258 e. The summed E-state index contributed by atoms with van der Waals surface area (Å²) >= 11 is 0. The van der Waals surface area contributed by atoms with E-state index in [1.807, 2.05) is 36.4 Å². The summed E-state index contributed by atoms with van der Waals surface area (Å²) in [5.74, 6) is 1.19. The van der Waals surface area contributed by atoms with Gasteiger partial charge in [-0.2, -0.15) is 24.3 Å². The van der Waals surface area contributed by atoms with Gasteiger partial charge in [-0.05, 0) is 142 Å². The number of rotatable bonds is 32. The normalized spacial score (nSPS) is 12.7. The number of benzene rings is 6. The first-order valence-corrected chi connectivity index (χ1v) is 37.9. The van der Waals surface area contributed by atoms with Gasteiger partial charge >= 0.3 is 0 Å². The number of likely N-dealkylation sites (tertiary alicyclic amines) is 1. The maximum atomic E-state index is 14.1. The molecule has 1 saturated heterocycles. The number of primary amides is 1. The Morgan fingerprint density at radius 2 is 0.780 bits per heavy atom. The van der Waals surface area contributed by atoms with Crippen LogP contribution in [0.25, 0.3) is 0 Å². The van der Waals surface area contributed by atoms with E-state index in [0.29, 0.717) is 99.7 Å². The van der Waals surface area contributed by atoms with Crippen LogP contribution < -0.4 is 91.5 Å². The van der Waals surface area contributed by atoms with Crippen LogP contribution in [-0.4, -0.2) is 151 Å². The monoisotopic (exact) mass is 1670 g/mol. The Kier molecular flexibility index (Phi) is 30.7. The van der Waals surface area contributed by atoms with Crippen molar-refractivity contribution in [2.45, 2.75) is 56.7 Å². The van der Waals surface area contributed by atoms with Crippen molar-refractivity contribution in [2.75, 3.05) is 78.7 Å². The van der Waals surface area contributed by atoms with Crippen LogP contribution in [0.2, 0.25) is 0 Å². The molecule has 11 N–H and O–H groups in total. The van der Waals surface area contributed by atoms with Crippen LogP contribution in [-0.2, 0) is 19.2 Å². The number of piperidine rings is 1. The first-order chi connectivity index (χ1) is 59.6. The second kappa shape index (κ2) is 43.1. The van der Waals surface area contributed by atoms with Crippen molar-refractivity contribution >= 4 is 105 Å². The van der Waals surface area contributed by atoms with Crippen molar-refractivity contribution in [1.82, 2.24) is 60.4 Å². The van der Waals surface area contributed by atoms with Gasteiger partial charge in [-0.1, -0.05) is 62.7 Å². The third-order valence-electron chi connectivity index (χ3n) is 17.4. The number of nitrogens with zero attached hydrogens (tertiary/aromatic N) is 10. The molecule has 3 fully saturated rings. The van der Waals surface area contributed by atoms with Gasteiger partial charge in [0.25, 0.3) is 23.6 Å². The standard InChI is InChI=1S/C24H23N5O4.C23H22N6O4.C21H19N5O4.C19H21FN4O3/c1-3-21(30)26-16-6-5-9-19(13-16)33-23-20(22(31)27-15-10-11-15)14-25-24(29-23)28-17-7-4-8-18(12-17)32-2;1-3-19(30)26-15-5-4-6-17(11-15)33-22-18(21(31)27-14-7-8-14)13-25-23(29-22)28-16-9-10-20(32-2)24-12-16;1-3-18(27)24-13-6-5-9-16(11-13)30-20-17(19(22)28)12-23-21(26-20)25-14-7-4-8-15(10-14)29-2;1-3-17(25)24-9-5-8-15(12-24)27-18-16(20)11-21-19(23-18)22-13-6-4-7-14(10-13)26-2/h3-9,12-15H,1,10-11H2,2H3,(H,26,30)(H,27,31)(H,25,28,29);3-6,9-14H,1,7-8H2,2H3,(H,26,30)(H,27,31)(H,25,28,29);3-12H,1H2,2H3,(H2,22,28)(H,24,27)(H,23,25,26);3-4,6-7,10-11,15H,1,5,8-9,12H2,2H3,(H,21,22,23). The highest BCUT2D eigenvalue weighted by Gasteiger charge is 2.30. The minimum Gasteiger partial charge on any atom is -0.497 e. The molecule has 1 aliphatic heterocycles. The summed E-state index contributed by atoms with van der Waals surface area (Å²) in [6, 6.07) is 45.5. The van der Waals surface area contributed by atoms with Gasteiger partial charge in [0.1, 0.15) is 57.3 Å². The van der Waals surface area contributed by atoms with Crippen molar-refractivity contribution in [2.24, 2.45) is 5.73 Å². The summed E-state index contributed by atoms with van der Waals surface area (Å²) in [4.78, 5) is 123. The number of anilines is 11. The Balaban J connectivity index is 0.000000160. The number of methoxy groups -OCH3 is 4. The lowest BCUT2D eigenvalue weighted by atomic mass is 10.1. The molecule has 11 aromatic rings. The van der Waals surface area contributed by atoms with Gasteiger partial charge in [0.2, 0.25) is 76.8 Å². The average Bonchev–Trinajstić information content (AvgIpc) is 1.71. The number of aromatic nitrogens is 9. The number of hydrogen-bond acceptors (Lipinski definition) is 28. The summed E-state index contributed by atoms with van der Waals surface area (Å²) in [7, 11) is 6.25. The van der Waals surface area contributed by atoms with E-state index in [1.54, 1.807) is 154 Å². The molecule has 2 saturated carbocycles. The van der Waals surface area contributed by atoms with Crippen LogP contribution in [0.1, 0.15) is 69.6 Å². The molecule has 5 aromatic heterocycles. The zero-order chi connectivity index (χ0) is 87.2. The maximum absolute atomic E-state index is 14.1. The minimum absolute atomic E-state index is 0.00622. The molecule has 0 bridgehead atoms. The molecule has 36 heteroatoms. The van der Waals surface area contributed by atoms with E-state index in [2.05, 4.69) is 119 Å². The van der Waals surface area contributed by atoms with E-state index < -0.39 is 11.7 Å². The summed E-state index contributed by atoms with van der Waals surface area (Å²) in [5, 5.41) is 25.9. The van der Waals surface area contributed by atoms with Gasteiger partial charge in [-0.25, -0.2) is 24.9 Å². The lowest BCUT2D eigenvalue weighted by Crippen LogP contribution is -2.43. The Bertz CT molecular complexity index is 5670. The SMILES string of the molecule is C=CC(=O)N1CCCC(Oc2nc(Nc3cccc(OC)c3)ncc2F)C1.C=CC(=O)Nc1cccc(Oc2nc(Nc3ccc(OC)nc3)ncc2C(=O)NC2CC2)c1.C=CC(=O)Nc1cccc(Oc2nc(Nc3cccc(OC)c3)ncc2C(=O)NC2CC2)c1.C=CC(=O)Nc1cccc(Oc2nc(Nc3cccc(OC)c3)ncc2C(N)=O)c1. The molecule has 1 atom stereocenters. The predicted octanol–water partition coefficient (Wildman–Crippen LogP) is 13.6. The van der Waals surface area contributed by atoms with Crippen LogP contribution >= 0.6 is 0 Å². The van der Waals surface area contributed by atoms with Crippen LogP contribution in [0, 0.1) is 5.82 Å². The number of amides is 7. The highest BCUT2D eigenvalue weighted by atomic mass is 19.1. The molecular formula is C87H85FN20O15. The van der Waals surface area contributed by atoms with Crippen LogP contribution in [0.3, 0.4) is 0 Å². The number of halogens is 1. The number of hydrogen-bond donors (Lipinski definition) is 10. The van der Waals surface area contributed by atoms with Gasteiger partial charge in [0.05, 0.1) is 53.1 Å². The number of carbonyl (C=O) groups excluding carboxylic acids is 7. The van der Waals surface area contributed by atoms with Crippen LogP contribution in [0.4, 0.5) is 68.0 Å². The summed E-state index contributed by atoms with van der Waals surface area (Å²) < 4.78 is 58.1. The molecule has 6 heterocycles. The second-order valence-electron chi connectivity index (χ2n) is 26.6. The van der Waals surface area contributed by atoms with Crippen molar-refractivity contribution in [3.8, 4) is 63.9 Å². The summed E-state index contributed by atoms with van der Waals surface area (Å²) in [6.07, 6.45) is 16.4. The zero-order valence-corrected chi connectivity index (χ0v) is 67.0. The Hall–Kier alpha value is -16.4. The summed E-state index contributed by atoms with van der Waals surface area (Å²) in [5.41, 5.74) is 10.1. The van der Waals surface area contributed by atoms with Crippen molar-refractivity contribution in [1.29, 1.82) is 0 Å². The predicted molar refractivity (Wildman–Crippen MR) is 457 cm³/mol. The molecule has 3 aliphatic rings. The minimum atomic E-state index is -0.742. The molecular weight excluding hydrogens is 1580 g/mol. The zero-order valence-electron chi connectivity index (χ0n) is 67.0. The molecule has 0 spiro atoms. The molecule has 6 aromatic carbocycles. The molecule has 123 heavy (non-hydrogen) atoms. The van der Waals surface area contributed by atoms with Gasteiger partial charge < -0.3 is 96.4 Å². The van der Waals surface area contributed by atoms with Crippen molar-refractivity contribution in [3.63, 3.8) is 0 Å². The lowest BCUT2D eigenvalue weighted by Gasteiger charge is -2.32. The van der Waals surface area contributed by atoms with Gasteiger partial charge in [-0.3, -0.25) is 33.6 Å². The summed E-state index contributed by atoms with van der Waals surface area (Å²) in [6.45, 7) is 14.8. The number of nitrogens with two attached hydrogens (primary N) is 1. The van der Waals surface area contributed by atoms with Gasteiger partial charge in [-0.15, -0.1) is 0 Å². The van der Waals surface area contributed by atoms with E-state index in [9.17, 15) is 38.0 Å². The lowest BCUT2D eigenvalue weighted by molar-refractivity contribution is -0.128. The van der Waals surface area contributed by atoms with E-state index in [0.717, 1.165) is 44.4 Å². The fraction of sp³-hybridized carbons (Fsp3) is 0.172. The number of carbonyl (C=O) groups is 7. The Labute approximate surface area is 704 Å². The largest absolute Gasteiger partial charge is 0.497 e. The first kappa shape index (κ1) is 87.4. The van der Waals surface area contributed by atoms with E-state index in [1.165, 1.54) is 43.9 Å². The van der Waals surface area contributed by atoms with E-state index in [4.69, 9.17) is 43.6 Å². The third-order valence-corrected chi connectivity index (χ3v) is 17.4. The molecule has 2 aliphatic carbocycles. The van der Waals surface area contributed by atoms with Crippen molar-refractivity contribution < 1.29 is 75.8 Å². The average molecular weight is 1670 g/mol. The fourth-order valence-corrected chi connectivity index (χ4v) is 11.0. The Morgan fingerprint density at radius 3 is 1.15 bits per heavy atom. The highest BCUT2D eigenvalue weighted by molar-refractivity contribution is 6.01. The quantitative estimate of drug-likeness (QED) is 0.0175. The fourth-order valence-electron chi connectivity index (χ4n) is 11.0. The smallest absolute Gasteiger partial charge is 0.258 e. The Morgan fingerprint density at radius 1 is 0.415 bits per heavy atom. The highest BCUT2D eigenvalue weighted by Crippen LogP contribution is 2.34. The van der Waals surface area contributed by atoms with Crippen molar-refractivity contribution in [3.05, 3.63) is 262 Å². The molecule has 7 amide bonds. The number of ether oxygens (including phenoxy) is 8. The van der Waals surface area contributed by atoms with Gasteiger partial charge in [0, 0.05) is 114 Å². The molecule has 0 radical (unpaired) electrons. The topological polar surface area (TPSA) is 447 Å². The second-order valence-corrected chi connectivity index (χ2v) is 26.6. The molecule has 14 rings (SSSR count). The van der Waals surface area contributed by atoms with E-state index >= 15 is 0 Å². The molecule has 630 valence electrons. The number of pyridine rings is 1. The van der Waals surface area contributed by atoms with Crippen LogP contribution in [0.15, 0.2) is 239 Å². The molecule has 1 unspecified atom stereocenters. The van der Waals surface area contributed by atoms with Crippen LogP contribution in [0.5, 0.6) is 63.9 Å². The van der Waals surface area contributed by atoms with Gasteiger partial charge in [0.15, 0.2) is 0 Å². The van der Waals surface area contributed by atoms with E-state index in [-0.39, 0.29) is 118 Å². The number of nitrogens with one attached hydrogen (secondary N) is 9. The first-order valence-electron chi connectivity index (χ1n) is 37.9.